The maximum atomic E-state index is 12.7. The minimum absolute atomic E-state index is 0.0383. The first-order valence-electron chi connectivity index (χ1n) is 12.9. The van der Waals surface area contributed by atoms with Crippen LogP contribution in [0.3, 0.4) is 0 Å². The number of likely N-dealkylation sites (tertiary alicyclic amines) is 1. The van der Waals surface area contributed by atoms with Gasteiger partial charge in [-0.05, 0) is 69.1 Å². The van der Waals surface area contributed by atoms with E-state index in [1.54, 1.807) is 4.90 Å². The Labute approximate surface area is 195 Å². The molecule has 0 aromatic rings. The molecule has 0 spiro atoms. The first-order valence-corrected chi connectivity index (χ1v) is 12.9. The van der Waals surface area contributed by atoms with Gasteiger partial charge in [0.1, 0.15) is 0 Å². The first kappa shape index (κ1) is 23.8. The molecule has 0 bridgehead atoms. The fourth-order valence-corrected chi connectivity index (χ4v) is 8.24. The highest BCUT2D eigenvalue weighted by Crippen LogP contribution is 2.63. The third kappa shape index (κ3) is 3.93. The first-order chi connectivity index (χ1) is 15.0. The summed E-state index contributed by atoms with van der Waals surface area (Å²) in [7, 11) is 2.06. The number of nitrogens with one attached hydrogen (secondary N) is 1. The van der Waals surface area contributed by atoms with E-state index in [9.17, 15) is 9.59 Å². The number of nitrogens with zero attached hydrogens (tertiary/aromatic N) is 2. The summed E-state index contributed by atoms with van der Waals surface area (Å²) in [5, 5.41) is 8.39. The predicted octanol–water partition coefficient (Wildman–Crippen LogP) is 4.78. The van der Waals surface area contributed by atoms with Crippen molar-refractivity contribution in [1.82, 2.24) is 10.2 Å². The SMILES string of the molecule is C=C1CCC2([N-]C)C(C)CCC3C(C)CC(CC(C)(C)NC(=O)CN4CC(C)C4=O)C1C32. The van der Waals surface area contributed by atoms with Crippen molar-refractivity contribution in [3.8, 4) is 0 Å². The highest BCUT2D eigenvalue weighted by atomic mass is 16.2. The van der Waals surface area contributed by atoms with Gasteiger partial charge in [0, 0.05) is 12.1 Å². The van der Waals surface area contributed by atoms with Crippen LogP contribution in [0.15, 0.2) is 12.2 Å². The van der Waals surface area contributed by atoms with E-state index in [2.05, 4.69) is 46.6 Å². The Morgan fingerprint density at radius 3 is 2.62 bits per heavy atom. The van der Waals surface area contributed by atoms with Crippen molar-refractivity contribution < 1.29 is 9.59 Å². The molecule has 5 heteroatoms. The molecular formula is C27H44N3O2-. The Morgan fingerprint density at radius 1 is 1.28 bits per heavy atom. The molecule has 5 nitrogen and oxygen atoms in total. The quantitative estimate of drug-likeness (QED) is 0.475. The fourth-order valence-electron chi connectivity index (χ4n) is 8.24. The van der Waals surface area contributed by atoms with Crippen molar-refractivity contribution in [1.29, 1.82) is 0 Å². The van der Waals surface area contributed by atoms with Crippen LogP contribution in [-0.4, -0.2) is 47.9 Å². The summed E-state index contributed by atoms with van der Waals surface area (Å²) in [6.45, 7) is 16.5. The summed E-state index contributed by atoms with van der Waals surface area (Å²) in [5.41, 5.74) is 1.22. The molecule has 3 saturated carbocycles. The number of amides is 2. The second-order valence-corrected chi connectivity index (χ2v) is 12.3. The molecule has 1 heterocycles. The highest BCUT2D eigenvalue weighted by molar-refractivity contribution is 5.89. The predicted molar refractivity (Wildman–Crippen MR) is 129 cm³/mol. The number of carbonyl (C=O) groups is 2. The van der Waals surface area contributed by atoms with Crippen LogP contribution in [0.5, 0.6) is 0 Å². The average Bonchev–Trinajstić information content (AvgIpc) is 2.72. The molecule has 1 N–H and O–H groups in total. The number of β-lactam (4-membered cyclic amide) rings is 1. The van der Waals surface area contributed by atoms with Crippen LogP contribution in [0.2, 0.25) is 0 Å². The van der Waals surface area contributed by atoms with E-state index in [0.717, 1.165) is 25.2 Å². The lowest BCUT2D eigenvalue weighted by molar-refractivity contribution is -0.150. The molecule has 1 aliphatic heterocycles. The van der Waals surface area contributed by atoms with Gasteiger partial charge in [-0.1, -0.05) is 51.7 Å². The Hall–Kier alpha value is -1.36. The normalized spacial score (nSPS) is 41.7. The molecule has 0 aromatic heterocycles. The van der Waals surface area contributed by atoms with Gasteiger partial charge in [0.2, 0.25) is 11.8 Å². The topological polar surface area (TPSA) is 63.5 Å². The van der Waals surface area contributed by atoms with Gasteiger partial charge in [-0.25, -0.2) is 0 Å². The van der Waals surface area contributed by atoms with E-state index in [1.165, 1.54) is 24.8 Å². The molecule has 3 aliphatic carbocycles. The van der Waals surface area contributed by atoms with Gasteiger partial charge in [0.15, 0.2) is 0 Å². The molecule has 2 amide bonds. The maximum absolute atomic E-state index is 12.7. The van der Waals surface area contributed by atoms with Crippen LogP contribution in [-0.2, 0) is 9.59 Å². The van der Waals surface area contributed by atoms with Gasteiger partial charge in [-0.3, -0.25) is 9.59 Å². The van der Waals surface area contributed by atoms with E-state index in [1.807, 2.05) is 6.92 Å². The second kappa shape index (κ2) is 8.45. The Kier molecular flexibility index (Phi) is 6.28. The van der Waals surface area contributed by atoms with Crippen LogP contribution in [0, 0.1) is 41.4 Å². The van der Waals surface area contributed by atoms with Crippen LogP contribution < -0.4 is 5.32 Å². The number of allylic oxidation sites excluding steroid dienone is 1. The van der Waals surface area contributed by atoms with Gasteiger partial charge in [0.25, 0.3) is 0 Å². The third-order valence-electron chi connectivity index (χ3n) is 9.67. The van der Waals surface area contributed by atoms with Gasteiger partial charge in [-0.15, -0.1) is 5.54 Å². The summed E-state index contributed by atoms with van der Waals surface area (Å²) >= 11 is 0. The summed E-state index contributed by atoms with van der Waals surface area (Å²) in [6.07, 6.45) is 7.02. The molecular weight excluding hydrogens is 398 g/mol. The molecule has 180 valence electrons. The van der Waals surface area contributed by atoms with E-state index in [-0.39, 0.29) is 35.4 Å². The van der Waals surface area contributed by atoms with Crippen LogP contribution in [0.1, 0.15) is 73.1 Å². The monoisotopic (exact) mass is 442 g/mol. The van der Waals surface area contributed by atoms with Crippen molar-refractivity contribution in [2.24, 2.45) is 41.4 Å². The number of rotatable bonds is 6. The number of hydrogen-bond donors (Lipinski definition) is 1. The fraction of sp³-hybridized carbons (Fsp3) is 0.852. The van der Waals surface area contributed by atoms with Gasteiger partial charge in [-0.2, -0.15) is 7.05 Å². The molecule has 4 fully saturated rings. The number of carbonyl (C=O) groups excluding carboxylic acids is 2. The molecule has 0 radical (unpaired) electrons. The summed E-state index contributed by atoms with van der Waals surface area (Å²) in [4.78, 5) is 26.3. The van der Waals surface area contributed by atoms with Crippen molar-refractivity contribution in [3.63, 3.8) is 0 Å². The zero-order chi connectivity index (χ0) is 23.4. The standard InChI is InChI=1S/C27H44N3O2/c1-16-10-11-27(28-7)19(4)8-9-21-17(2)12-20(23(16)24(21)27)13-26(5,6)29-22(31)15-30-14-18(3)25(30)32/h17-21,23-24H,1,8-15H2,2-7H3,(H,29,31)/q-1. The molecule has 4 aliphatic rings. The Morgan fingerprint density at radius 2 is 2.00 bits per heavy atom. The van der Waals surface area contributed by atoms with Gasteiger partial charge in [0.05, 0.1) is 12.5 Å². The zero-order valence-electron chi connectivity index (χ0n) is 21.1. The van der Waals surface area contributed by atoms with Gasteiger partial charge >= 0.3 is 0 Å². The van der Waals surface area contributed by atoms with Crippen molar-refractivity contribution in [3.05, 3.63) is 17.5 Å². The van der Waals surface area contributed by atoms with Crippen molar-refractivity contribution >= 4 is 11.8 Å². The lowest BCUT2D eigenvalue weighted by Crippen LogP contribution is -2.61. The lowest BCUT2D eigenvalue weighted by atomic mass is 9.44. The van der Waals surface area contributed by atoms with E-state index in [4.69, 9.17) is 5.32 Å². The van der Waals surface area contributed by atoms with Crippen molar-refractivity contribution in [2.75, 3.05) is 20.1 Å². The van der Waals surface area contributed by atoms with E-state index >= 15 is 0 Å². The molecule has 0 aromatic carbocycles. The molecule has 1 saturated heterocycles. The second-order valence-electron chi connectivity index (χ2n) is 12.3. The van der Waals surface area contributed by atoms with E-state index in [0.29, 0.717) is 36.1 Å². The molecule has 4 rings (SSSR count). The van der Waals surface area contributed by atoms with Crippen LogP contribution in [0.4, 0.5) is 0 Å². The summed E-state index contributed by atoms with van der Waals surface area (Å²) < 4.78 is 0. The summed E-state index contributed by atoms with van der Waals surface area (Å²) in [6, 6.07) is 0. The minimum Gasteiger partial charge on any atom is -0.659 e. The average molecular weight is 443 g/mol. The molecule has 8 atom stereocenters. The highest BCUT2D eigenvalue weighted by Gasteiger charge is 2.55. The summed E-state index contributed by atoms with van der Waals surface area (Å²) in [5.74, 6) is 3.80. The third-order valence-corrected chi connectivity index (χ3v) is 9.67. The van der Waals surface area contributed by atoms with Crippen LogP contribution in [0.25, 0.3) is 5.32 Å². The van der Waals surface area contributed by atoms with Crippen LogP contribution >= 0.6 is 0 Å². The van der Waals surface area contributed by atoms with Crippen molar-refractivity contribution in [2.45, 2.75) is 84.2 Å². The Bertz CT molecular complexity index is 777. The minimum atomic E-state index is -0.308. The van der Waals surface area contributed by atoms with E-state index < -0.39 is 0 Å². The van der Waals surface area contributed by atoms with Gasteiger partial charge < -0.3 is 15.5 Å². The zero-order valence-corrected chi connectivity index (χ0v) is 21.1. The largest absolute Gasteiger partial charge is 0.659 e. The maximum Gasteiger partial charge on any atom is 0.240 e. The molecule has 8 unspecified atom stereocenters. The lowest BCUT2D eigenvalue weighted by Gasteiger charge is -2.69. The number of hydrogen-bond acceptors (Lipinski definition) is 2. The Balaban J connectivity index is 1.50. The smallest absolute Gasteiger partial charge is 0.240 e. The molecule has 32 heavy (non-hydrogen) atoms.